The lowest BCUT2D eigenvalue weighted by atomic mass is 9.98. The molecule has 2 rings (SSSR count). The van der Waals surface area contributed by atoms with Crippen molar-refractivity contribution in [3.05, 3.63) is 30.1 Å². The van der Waals surface area contributed by atoms with Gasteiger partial charge in [0.15, 0.2) is 0 Å². The van der Waals surface area contributed by atoms with Crippen LogP contribution in [0.4, 0.5) is 0 Å². The van der Waals surface area contributed by atoms with Crippen molar-refractivity contribution in [3.8, 4) is 0 Å². The number of ether oxygens (including phenoxy) is 1. The van der Waals surface area contributed by atoms with Crippen LogP contribution in [0.1, 0.15) is 50.5 Å². The van der Waals surface area contributed by atoms with Crippen molar-refractivity contribution in [3.63, 3.8) is 0 Å². The van der Waals surface area contributed by atoms with E-state index >= 15 is 0 Å². The average molecular weight is 247 g/mol. The number of esters is 1. The number of pyridine rings is 1. The van der Waals surface area contributed by atoms with Gasteiger partial charge in [-0.15, -0.1) is 0 Å². The molecule has 0 aliphatic heterocycles. The molecular weight excluding hydrogens is 226 g/mol. The minimum Gasteiger partial charge on any atom is -0.462 e. The quantitative estimate of drug-likeness (QED) is 0.769. The molecule has 0 N–H and O–H groups in total. The molecule has 18 heavy (non-hydrogen) atoms. The van der Waals surface area contributed by atoms with Crippen LogP contribution in [0.15, 0.2) is 24.5 Å². The van der Waals surface area contributed by atoms with Crippen LogP contribution in [0.5, 0.6) is 0 Å². The number of hydrogen-bond donors (Lipinski definition) is 0. The minimum absolute atomic E-state index is 0.117. The first-order valence-electron chi connectivity index (χ1n) is 6.93. The molecule has 0 atom stereocenters. The molecule has 0 amide bonds. The maximum absolute atomic E-state index is 11.8. The van der Waals surface area contributed by atoms with Crippen LogP contribution in [-0.4, -0.2) is 17.1 Å². The van der Waals surface area contributed by atoms with Gasteiger partial charge >= 0.3 is 5.97 Å². The Bertz CT molecular complexity index is 356. The molecule has 1 aromatic rings. The molecule has 0 aromatic carbocycles. The molecule has 3 nitrogen and oxygen atoms in total. The first-order valence-corrected chi connectivity index (χ1v) is 6.93. The first-order chi connectivity index (χ1) is 8.84. The molecule has 1 aliphatic rings. The number of carbonyl (C=O) groups excluding carboxylic acids is 1. The summed E-state index contributed by atoms with van der Waals surface area (Å²) >= 11 is 0. The standard InChI is InChI=1S/C15H21NO2/c17-15(11-13-7-6-10-16-12-13)18-14-8-4-2-1-3-5-9-14/h6-7,10,12,14H,1-5,8-9,11H2. The van der Waals surface area contributed by atoms with E-state index in [1.165, 1.54) is 32.1 Å². The third kappa shape index (κ3) is 4.47. The van der Waals surface area contributed by atoms with Gasteiger partial charge in [0, 0.05) is 12.4 Å². The molecule has 0 bridgehead atoms. The van der Waals surface area contributed by atoms with Crippen molar-refractivity contribution in [2.45, 2.75) is 57.5 Å². The zero-order valence-corrected chi connectivity index (χ0v) is 10.8. The minimum atomic E-state index is -0.117. The fourth-order valence-corrected chi connectivity index (χ4v) is 2.43. The second kappa shape index (κ2) is 7.14. The lowest BCUT2D eigenvalue weighted by Crippen LogP contribution is -2.20. The van der Waals surface area contributed by atoms with Crippen molar-refractivity contribution < 1.29 is 9.53 Å². The van der Waals surface area contributed by atoms with Gasteiger partial charge in [-0.3, -0.25) is 9.78 Å². The second-order valence-electron chi connectivity index (χ2n) is 5.00. The van der Waals surface area contributed by atoms with E-state index in [0.29, 0.717) is 6.42 Å². The molecule has 98 valence electrons. The van der Waals surface area contributed by atoms with Crippen LogP contribution >= 0.6 is 0 Å². The van der Waals surface area contributed by atoms with Gasteiger partial charge in [0.2, 0.25) is 0 Å². The summed E-state index contributed by atoms with van der Waals surface area (Å²) < 4.78 is 5.56. The molecule has 0 unspecified atom stereocenters. The zero-order chi connectivity index (χ0) is 12.6. The Kier molecular flexibility index (Phi) is 5.18. The second-order valence-corrected chi connectivity index (χ2v) is 5.00. The molecule has 1 saturated carbocycles. The molecule has 1 fully saturated rings. The fourth-order valence-electron chi connectivity index (χ4n) is 2.43. The Morgan fingerprint density at radius 2 is 1.94 bits per heavy atom. The summed E-state index contributed by atoms with van der Waals surface area (Å²) in [6.07, 6.45) is 12.2. The van der Waals surface area contributed by atoms with Crippen molar-refractivity contribution >= 4 is 5.97 Å². The van der Waals surface area contributed by atoms with E-state index in [9.17, 15) is 4.79 Å². The highest BCUT2D eigenvalue weighted by molar-refractivity contribution is 5.72. The van der Waals surface area contributed by atoms with Crippen LogP contribution in [-0.2, 0) is 16.0 Å². The molecule has 0 saturated heterocycles. The van der Waals surface area contributed by atoms with Gasteiger partial charge in [-0.1, -0.05) is 25.3 Å². The summed E-state index contributed by atoms with van der Waals surface area (Å²) in [4.78, 5) is 15.8. The normalized spacial score (nSPS) is 17.8. The fraction of sp³-hybridized carbons (Fsp3) is 0.600. The highest BCUT2D eigenvalue weighted by Gasteiger charge is 2.16. The van der Waals surface area contributed by atoms with Gasteiger partial charge in [0.1, 0.15) is 6.10 Å². The van der Waals surface area contributed by atoms with Crippen LogP contribution < -0.4 is 0 Å². The van der Waals surface area contributed by atoms with E-state index in [-0.39, 0.29) is 12.1 Å². The predicted molar refractivity (Wildman–Crippen MR) is 70.1 cm³/mol. The molecule has 1 aliphatic carbocycles. The number of hydrogen-bond acceptors (Lipinski definition) is 3. The lowest BCUT2D eigenvalue weighted by molar-refractivity contribution is -0.149. The van der Waals surface area contributed by atoms with Crippen LogP contribution in [0.3, 0.4) is 0 Å². The Labute approximate surface area is 109 Å². The largest absolute Gasteiger partial charge is 0.462 e. The van der Waals surface area contributed by atoms with Gasteiger partial charge < -0.3 is 4.74 Å². The monoisotopic (exact) mass is 247 g/mol. The molecule has 3 heteroatoms. The third-order valence-corrected chi connectivity index (χ3v) is 3.42. The van der Waals surface area contributed by atoms with Crippen LogP contribution in [0, 0.1) is 0 Å². The first kappa shape index (κ1) is 13.1. The Hall–Kier alpha value is -1.38. The van der Waals surface area contributed by atoms with E-state index in [4.69, 9.17) is 4.74 Å². The van der Waals surface area contributed by atoms with Gasteiger partial charge in [0.25, 0.3) is 0 Å². The van der Waals surface area contributed by atoms with Gasteiger partial charge in [-0.2, -0.15) is 0 Å². The maximum atomic E-state index is 11.8. The van der Waals surface area contributed by atoms with Crippen molar-refractivity contribution in [1.82, 2.24) is 4.98 Å². The molecular formula is C15H21NO2. The number of aromatic nitrogens is 1. The topological polar surface area (TPSA) is 39.2 Å². The summed E-state index contributed by atoms with van der Waals surface area (Å²) in [7, 11) is 0. The lowest BCUT2D eigenvalue weighted by Gasteiger charge is -2.20. The summed E-state index contributed by atoms with van der Waals surface area (Å²) in [5, 5.41) is 0. The molecule has 1 aromatic heterocycles. The van der Waals surface area contributed by atoms with Gasteiger partial charge in [0.05, 0.1) is 6.42 Å². The summed E-state index contributed by atoms with van der Waals surface area (Å²) in [6, 6.07) is 3.75. The maximum Gasteiger partial charge on any atom is 0.310 e. The van der Waals surface area contributed by atoms with Crippen LogP contribution in [0.25, 0.3) is 0 Å². The highest BCUT2D eigenvalue weighted by Crippen LogP contribution is 2.19. The van der Waals surface area contributed by atoms with E-state index in [0.717, 1.165) is 18.4 Å². The third-order valence-electron chi connectivity index (χ3n) is 3.42. The summed E-state index contributed by atoms with van der Waals surface area (Å²) in [6.45, 7) is 0. The Balaban J connectivity index is 1.79. The summed E-state index contributed by atoms with van der Waals surface area (Å²) in [5.41, 5.74) is 0.924. The molecule has 0 radical (unpaired) electrons. The zero-order valence-electron chi connectivity index (χ0n) is 10.8. The van der Waals surface area contributed by atoms with E-state index < -0.39 is 0 Å². The summed E-state index contributed by atoms with van der Waals surface area (Å²) in [5.74, 6) is -0.117. The van der Waals surface area contributed by atoms with Gasteiger partial charge in [-0.25, -0.2) is 0 Å². The molecule has 0 spiro atoms. The van der Waals surface area contributed by atoms with Crippen LogP contribution in [0.2, 0.25) is 0 Å². The Morgan fingerprint density at radius 1 is 1.22 bits per heavy atom. The predicted octanol–water partition coefficient (Wildman–Crippen LogP) is 3.28. The number of rotatable bonds is 3. The van der Waals surface area contributed by atoms with E-state index in [2.05, 4.69) is 4.98 Å². The smallest absolute Gasteiger partial charge is 0.310 e. The van der Waals surface area contributed by atoms with E-state index in [1.54, 1.807) is 12.4 Å². The van der Waals surface area contributed by atoms with Crippen molar-refractivity contribution in [2.75, 3.05) is 0 Å². The highest BCUT2D eigenvalue weighted by atomic mass is 16.5. The molecule has 1 heterocycles. The van der Waals surface area contributed by atoms with Gasteiger partial charge in [-0.05, 0) is 37.3 Å². The van der Waals surface area contributed by atoms with Crippen molar-refractivity contribution in [1.29, 1.82) is 0 Å². The average Bonchev–Trinajstić information content (AvgIpc) is 2.34. The SMILES string of the molecule is O=C(Cc1cccnc1)OC1CCCCCCC1. The number of carbonyl (C=O) groups is 1. The van der Waals surface area contributed by atoms with Crippen molar-refractivity contribution in [2.24, 2.45) is 0 Å². The van der Waals surface area contributed by atoms with E-state index in [1.807, 2.05) is 12.1 Å². The Morgan fingerprint density at radius 3 is 2.61 bits per heavy atom. The number of nitrogens with zero attached hydrogens (tertiary/aromatic N) is 1.